The summed E-state index contributed by atoms with van der Waals surface area (Å²) in [6, 6.07) is 5.21. The van der Waals surface area contributed by atoms with Crippen molar-refractivity contribution in [1.82, 2.24) is 14.3 Å². The van der Waals surface area contributed by atoms with Crippen molar-refractivity contribution in [3.8, 4) is 17.1 Å². The molecule has 2 heterocycles. The third kappa shape index (κ3) is 5.94. The monoisotopic (exact) mass is 476 g/mol. The zero-order valence-corrected chi connectivity index (χ0v) is 20.2. The maximum Gasteiger partial charge on any atom is 0.254 e. The lowest BCUT2D eigenvalue weighted by Crippen LogP contribution is -2.52. The molecule has 0 spiro atoms. The summed E-state index contributed by atoms with van der Waals surface area (Å²) in [5, 5.41) is 17.2. The lowest BCUT2D eigenvalue weighted by molar-refractivity contribution is -0.0223. The summed E-state index contributed by atoms with van der Waals surface area (Å²) in [6.45, 7) is 7.57. The molecule has 33 heavy (non-hydrogen) atoms. The molecular formula is C23H32N4O5S. The number of aliphatic hydroxyl groups excluding tert-OH is 1. The Morgan fingerprint density at radius 2 is 2.12 bits per heavy atom. The van der Waals surface area contributed by atoms with Crippen LogP contribution in [0.3, 0.4) is 0 Å². The second-order valence-electron chi connectivity index (χ2n) is 7.87. The van der Waals surface area contributed by atoms with E-state index in [1.54, 1.807) is 29.4 Å². The minimum Gasteiger partial charge on any atom is -0.493 e. The van der Waals surface area contributed by atoms with Crippen LogP contribution in [-0.4, -0.2) is 68.3 Å². The zero-order valence-electron chi connectivity index (χ0n) is 19.3. The van der Waals surface area contributed by atoms with Gasteiger partial charge >= 0.3 is 0 Å². The molecule has 9 nitrogen and oxygen atoms in total. The third-order valence-electron chi connectivity index (χ3n) is 5.35. The van der Waals surface area contributed by atoms with Gasteiger partial charge in [0.2, 0.25) is 0 Å². The normalized spacial score (nSPS) is 15.3. The van der Waals surface area contributed by atoms with Crippen LogP contribution in [0.1, 0.15) is 44.4 Å². The van der Waals surface area contributed by atoms with E-state index < -0.39 is 11.0 Å². The summed E-state index contributed by atoms with van der Waals surface area (Å²) in [7, 11) is -1.41. The van der Waals surface area contributed by atoms with Gasteiger partial charge < -0.3 is 25.0 Å². The standard InChI is InChI=1S/C23H32N4O5S/c1-4-7-19(24)21-15(3)23(29)26-22(25-21)18-12-17(8-9-20(18)31-5-2)33(30)27-13-16(14-27)32-11-6-10-28/h8-9,12,16,24,28H,4-7,10-11,13-14H2,1-3H3,(H,25,26,29). The molecular weight excluding hydrogens is 444 g/mol. The van der Waals surface area contributed by atoms with Gasteiger partial charge in [-0.2, -0.15) is 0 Å². The molecule has 2 aromatic rings. The minimum atomic E-state index is -1.41. The Balaban J connectivity index is 1.90. The van der Waals surface area contributed by atoms with Crippen LogP contribution in [0.4, 0.5) is 0 Å². The lowest BCUT2D eigenvalue weighted by Gasteiger charge is -2.37. The molecule has 1 aliphatic heterocycles. The first-order valence-corrected chi connectivity index (χ1v) is 12.3. The summed E-state index contributed by atoms with van der Waals surface area (Å²) < 4.78 is 26.3. The number of H-pyrrole nitrogens is 1. The van der Waals surface area contributed by atoms with Gasteiger partial charge in [0.15, 0.2) is 0 Å². The summed E-state index contributed by atoms with van der Waals surface area (Å²) in [4.78, 5) is 20.5. The number of nitrogens with one attached hydrogen (secondary N) is 2. The van der Waals surface area contributed by atoms with Crippen molar-refractivity contribution in [2.75, 3.05) is 32.9 Å². The van der Waals surface area contributed by atoms with Crippen molar-refractivity contribution in [1.29, 1.82) is 5.41 Å². The largest absolute Gasteiger partial charge is 0.493 e. The molecule has 0 amide bonds. The number of nitrogens with zero attached hydrogens (tertiary/aromatic N) is 2. The second kappa shape index (κ2) is 11.6. The van der Waals surface area contributed by atoms with E-state index in [0.29, 0.717) is 72.3 Å². The maximum atomic E-state index is 13.1. The Kier molecular flexibility index (Phi) is 8.90. The van der Waals surface area contributed by atoms with Crippen LogP contribution in [0.15, 0.2) is 27.9 Å². The summed E-state index contributed by atoms with van der Waals surface area (Å²) in [5.41, 5.74) is 1.31. The SMILES string of the molecule is CCCC(=N)c1nc(-c2cc(S(=O)N3CC(OCCCO)C3)ccc2OCC)[nH]c(=O)c1C. The molecule has 1 unspecified atom stereocenters. The summed E-state index contributed by atoms with van der Waals surface area (Å²) >= 11 is 0. The van der Waals surface area contributed by atoms with Crippen LogP contribution in [0.5, 0.6) is 5.75 Å². The summed E-state index contributed by atoms with van der Waals surface area (Å²) in [5.74, 6) is 0.810. The molecule has 0 radical (unpaired) electrons. The molecule has 1 atom stereocenters. The molecule has 1 saturated heterocycles. The Morgan fingerprint density at radius 1 is 1.36 bits per heavy atom. The molecule has 1 fully saturated rings. The van der Waals surface area contributed by atoms with Gasteiger partial charge in [-0.25, -0.2) is 13.5 Å². The van der Waals surface area contributed by atoms with Crippen LogP contribution < -0.4 is 10.3 Å². The first kappa shape index (κ1) is 25.2. The molecule has 1 aromatic heterocycles. The number of benzene rings is 1. The lowest BCUT2D eigenvalue weighted by atomic mass is 10.1. The Labute approximate surface area is 196 Å². The Hall–Kier alpha value is -2.40. The van der Waals surface area contributed by atoms with Gasteiger partial charge in [-0.1, -0.05) is 13.3 Å². The average molecular weight is 477 g/mol. The van der Waals surface area contributed by atoms with E-state index >= 15 is 0 Å². The smallest absolute Gasteiger partial charge is 0.254 e. The molecule has 3 N–H and O–H groups in total. The highest BCUT2D eigenvalue weighted by Crippen LogP contribution is 2.31. The fourth-order valence-corrected chi connectivity index (χ4v) is 4.82. The molecule has 0 saturated carbocycles. The maximum absolute atomic E-state index is 13.1. The van der Waals surface area contributed by atoms with Crippen LogP contribution in [-0.2, 0) is 15.7 Å². The van der Waals surface area contributed by atoms with Gasteiger partial charge in [0.25, 0.3) is 5.56 Å². The van der Waals surface area contributed by atoms with Crippen molar-refractivity contribution in [3.05, 3.63) is 39.8 Å². The number of aliphatic hydroxyl groups is 1. The highest BCUT2D eigenvalue weighted by molar-refractivity contribution is 7.82. The number of aromatic nitrogens is 2. The van der Waals surface area contributed by atoms with Gasteiger partial charge in [-0.15, -0.1) is 0 Å². The van der Waals surface area contributed by atoms with Crippen LogP contribution in [0, 0.1) is 12.3 Å². The van der Waals surface area contributed by atoms with Crippen LogP contribution >= 0.6 is 0 Å². The number of aromatic amines is 1. The van der Waals surface area contributed by atoms with E-state index in [-0.39, 0.29) is 24.1 Å². The minimum absolute atomic E-state index is 0.00456. The second-order valence-corrected chi connectivity index (χ2v) is 9.36. The van der Waals surface area contributed by atoms with Gasteiger partial charge in [-0.3, -0.25) is 4.79 Å². The average Bonchev–Trinajstić information content (AvgIpc) is 2.77. The predicted octanol–water partition coefficient (Wildman–Crippen LogP) is 2.42. The van der Waals surface area contributed by atoms with Crippen molar-refractivity contribution >= 4 is 16.7 Å². The summed E-state index contributed by atoms with van der Waals surface area (Å²) in [6.07, 6.45) is 1.89. The van der Waals surface area contributed by atoms with Crippen molar-refractivity contribution in [3.63, 3.8) is 0 Å². The van der Waals surface area contributed by atoms with E-state index in [2.05, 4.69) is 9.97 Å². The predicted molar refractivity (Wildman–Crippen MR) is 127 cm³/mol. The molecule has 1 aromatic carbocycles. The number of ether oxygens (including phenoxy) is 2. The molecule has 10 heteroatoms. The highest BCUT2D eigenvalue weighted by atomic mass is 32.2. The van der Waals surface area contributed by atoms with E-state index in [9.17, 15) is 9.00 Å². The number of hydrogen-bond acceptors (Lipinski definition) is 7. The fraction of sp³-hybridized carbons (Fsp3) is 0.522. The van der Waals surface area contributed by atoms with E-state index in [1.165, 1.54) is 0 Å². The van der Waals surface area contributed by atoms with E-state index in [0.717, 1.165) is 6.42 Å². The van der Waals surface area contributed by atoms with Gasteiger partial charge in [-0.05, 0) is 44.9 Å². The van der Waals surface area contributed by atoms with Crippen LogP contribution in [0.25, 0.3) is 11.4 Å². The highest BCUT2D eigenvalue weighted by Gasteiger charge is 2.32. The zero-order chi connectivity index (χ0) is 24.0. The van der Waals surface area contributed by atoms with Crippen molar-refractivity contribution in [2.45, 2.75) is 51.0 Å². The van der Waals surface area contributed by atoms with Gasteiger partial charge in [0.05, 0.1) is 34.6 Å². The first-order chi connectivity index (χ1) is 15.9. The van der Waals surface area contributed by atoms with E-state index in [1.807, 2.05) is 13.8 Å². The topological polar surface area (TPSA) is 129 Å². The Morgan fingerprint density at radius 3 is 2.79 bits per heavy atom. The van der Waals surface area contributed by atoms with Gasteiger partial charge in [0.1, 0.15) is 22.6 Å². The first-order valence-electron chi connectivity index (χ1n) is 11.2. The van der Waals surface area contributed by atoms with Crippen molar-refractivity contribution < 1.29 is 18.8 Å². The van der Waals surface area contributed by atoms with Crippen molar-refractivity contribution in [2.24, 2.45) is 0 Å². The molecule has 1 aliphatic rings. The number of hydrogen-bond donors (Lipinski definition) is 3. The van der Waals surface area contributed by atoms with Gasteiger partial charge in [0, 0.05) is 31.9 Å². The van der Waals surface area contributed by atoms with Crippen LogP contribution in [0.2, 0.25) is 0 Å². The molecule has 0 bridgehead atoms. The molecule has 180 valence electrons. The molecule has 0 aliphatic carbocycles. The fourth-order valence-electron chi connectivity index (χ4n) is 3.51. The third-order valence-corrected chi connectivity index (χ3v) is 6.77. The Bertz CT molecular complexity index is 1070. The van der Waals surface area contributed by atoms with E-state index in [4.69, 9.17) is 20.0 Å². The quantitative estimate of drug-likeness (QED) is 0.319. The number of rotatable bonds is 12. The molecule has 3 rings (SSSR count).